The molecule has 1 aromatic heterocycles. The molecule has 0 unspecified atom stereocenters. The Hall–Kier alpha value is -1.68. The van der Waals surface area contributed by atoms with Crippen molar-refractivity contribution in [3.05, 3.63) is 28.2 Å². The largest absolute Gasteiger partial charge is 0.370 e. The maximum Gasteiger partial charge on any atom is 0.317 e. The Labute approximate surface area is 125 Å². The van der Waals surface area contributed by atoms with E-state index in [-0.39, 0.29) is 17.0 Å². The smallest absolute Gasteiger partial charge is 0.317 e. The van der Waals surface area contributed by atoms with Gasteiger partial charge in [0.2, 0.25) is 0 Å². The van der Waals surface area contributed by atoms with Crippen LogP contribution in [0.3, 0.4) is 0 Å². The second kappa shape index (κ2) is 5.98. The third-order valence-corrected chi connectivity index (χ3v) is 3.19. The van der Waals surface area contributed by atoms with E-state index < -0.39 is 36.1 Å². The molecule has 21 heavy (non-hydrogen) atoms. The molecule has 0 aromatic carbocycles. The van der Waals surface area contributed by atoms with Crippen molar-refractivity contribution in [3.8, 4) is 0 Å². The molecule has 10 heteroatoms. The number of amides is 2. The van der Waals surface area contributed by atoms with Crippen LogP contribution in [-0.2, 0) is 10.3 Å². The van der Waals surface area contributed by atoms with E-state index in [1.807, 2.05) is 0 Å². The van der Waals surface area contributed by atoms with E-state index in [2.05, 4.69) is 31.2 Å². The summed E-state index contributed by atoms with van der Waals surface area (Å²) < 4.78 is 46.1. The van der Waals surface area contributed by atoms with E-state index in [1.54, 1.807) is 0 Å². The van der Waals surface area contributed by atoms with Crippen LogP contribution in [0.15, 0.2) is 21.7 Å². The van der Waals surface area contributed by atoms with Gasteiger partial charge >= 0.3 is 6.03 Å². The second-order valence-corrected chi connectivity index (χ2v) is 5.04. The molecular formula is C11H10BrF3N4O2. The summed E-state index contributed by atoms with van der Waals surface area (Å²) >= 11 is 2.99. The van der Waals surface area contributed by atoms with Crippen molar-refractivity contribution in [1.82, 2.24) is 10.3 Å². The average molecular weight is 367 g/mol. The Morgan fingerprint density at radius 1 is 1.52 bits per heavy atom. The van der Waals surface area contributed by atoms with Crippen molar-refractivity contribution in [3.63, 3.8) is 0 Å². The minimum absolute atomic E-state index is 0.170. The van der Waals surface area contributed by atoms with Gasteiger partial charge in [-0.25, -0.2) is 27.9 Å². The lowest BCUT2D eigenvalue weighted by atomic mass is 9.95. The second-order valence-electron chi connectivity index (χ2n) is 4.23. The standard InChI is InChI=1S/C11H10BrF3N4O2/c12-6-2-1-5(13)8(17-6)11(9(14)15)4-21-3-7(19-11)18-10(16)20/h1-2,9H,3-4H2,(H3,16,18,19,20)/t11-/m0/s1. The Kier molecular flexibility index (Phi) is 4.47. The number of alkyl halides is 2. The molecule has 1 atom stereocenters. The number of aromatic nitrogens is 1. The summed E-state index contributed by atoms with van der Waals surface area (Å²) in [5, 5.41) is 2.06. The zero-order valence-electron chi connectivity index (χ0n) is 10.4. The van der Waals surface area contributed by atoms with Crippen molar-refractivity contribution in [1.29, 1.82) is 0 Å². The Bertz CT molecular complexity index is 599. The summed E-state index contributed by atoms with van der Waals surface area (Å²) in [5.74, 6) is -1.17. The van der Waals surface area contributed by atoms with Gasteiger partial charge in [0.1, 0.15) is 28.6 Å². The molecule has 1 aliphatic heterocycles. The summed E-state index contributed by atoms with van der Waals surface area (Å²) in [6.45, 7) is -0.790. The molecule has 0 aliphatic carbocycles. The molecule has 1 aromatic rings. The number of hydrogen-bond acceptors (Lipinski definition) is 4. The highest BCUT2D eigenvalue weighted by Gasteiger charge is 2.48. The van der Waals surface area contributed by atoms with Crippen LogP contribution >= 0.6 is 15.9 Å². The van der Waals surface area contributed by atoms with Crippen LogP contribution in [-0.4, -0.2) is 36.5 Å². The molecule has 3 N–H and O–H groups in total. The molecule has 0 fully saturated rings. The number of carbonyl (C=O) groups is 1. The van der Waals surface area contributed by atoms with E-state index in [4.69, 9.17) is 10.5 Å². The highest BCUT2D eigenvalue weighted by molar-refractivity contribution is 9.10. The first-order chi connectivity index (χ1) is 9.85. The van der Waals surface area contributed by atoms with Crippen LogP contribution in [0.2, 0.25) is 0 Å². The van der Waals surface area contributed by atoms with Crippen LogP contribution in [0.5, 0.6) is 0 Å². The molecule has 0 saturated heterocycles. The Balaban J connectivity index is 2.55. The number of halogens is 4. The molecule has 0 saturated carbocycles. The quantitative estimate of drug-likeness (QED) is 0.778. The number of nitrogens with zero attached hydrogens (tertiary/aromatic N) is 2. The fourth-order valence-corrected chi connectivity index (χ4v) is 2.18. The first-order valence-electron chi connectivity index (χ1n) is 5.69. The van der Waals surface area contributed by atoms with Crippen LogP contribution < -0.4 is 11.1 Å². The number of urea groups is 1. The van der Waals surface area contributed by atoms with Crippen molar-refractivity contribution in [2.75, 3.05) is 13.2 Å². The molecular weight excluding hydrogens is 357 g/mol. The van der Waals surface area contributed by atoms with Gasteiger partial charge in [-0.3, -0.25) is 5.32 Å². The van der Waals surface area contributed by atoms with Gasteiger partial charge in [0, 0.05) is 0 Å². The number of rotatable bonds is 2. The van der Waals surface area contributed by atoms with Crippen LogP contribution in [0.1, 0.15) is 5.69 Å². The minimum atomic E-state index is -3.10. The number of aliphatic imine (C=N–C) groups is 1. The molecule has 1 aliphatic rings. The summed E-state index contributed by atoms with van der Waals surface area (Å²) in [6, 6.07) is 1.28. The SMILES string of the molecule is NC(=O)NC1=N[C@@](c2nc(Br)ccc2F)(C(F)F)COC1. The lowest BCUT2D eigenvalue weighted by Gasteiger charge is -2.32. The fraction of sp³-hybridized carbons (Fsp3) is 0.364. The maximum atomic E-state index is 13.9. The number of ether oxygens (including phenoxy) is 1. The Morgan fingerprint density at radius 2 is 2.24 bits per heavy atom. The highest BCUT2D eigenvalue weighted by atomic mass is 79.9. The monoisotopic (exact) mass is 366 g/mol. The van der Waals surface area contributed by atoms with E-state index in [1.165, 1.54) is 6.07 Å². The van der Waals surface area contributed by atoms with Gasteiger partial charge in [-0.2, -0.15) is 0 Å². The number of nitrogens with two attached hydrogens (primary N) is 1. The zero-order valence-corrected chi connectivity index (χ0v) is 12.0. The summed E-state index contributed by atoms with van der Waals surface area (Å²) in [4.78, 5) is 18.3. The Morgan fingerprint density at radius 3 is 2.86 bits per heavy atom. The highest BCUT2D eigenvalue weighted by Crippen LogP contribution is 2.36. The summed E-state index contributed by atoms with van der Waals surface area (Å²) in [6.07, 6.45) is -3.10. The molecule has 2 rings (SSSR count). The van der Waals surface area contributed by atoms with Crippen LogP contribution in [0.4, 0.5) is 18.0 Å². The molecule has 2 heterocycles. The lowest BCUT2D eigenvalue weighted by Crippen LogP contribution is -2.49. The number of hydrogen-bond donors (Lipinski definition) is 2. The van der Waals surface area contributed by atoms with Crippen LogP contribution in [0, 0.1) is 5.82 Å². The maximum absolute atomic E-state index is 13.9. The van der Waals surface area contributed by atoms with Gasteiger partial charge in [-0.05, 0) is 28.1 Å². The van der Waals surface area contributed by atoms with Gasteiger partial charge < -0.3 is 10.5 Å². The minimum Gasteiger partial charge on any atom is -0.370 e. The third-order valence-electron chi connectivity index (χ3n) is 2.75. The molecule has 0 radical (unpaired) electrons. The van der Waals surface area contributed by atoms with Gasteiger partial charge in [-0.15, -0.1) is 0 Å². The number of primary amides is 1. The van der Waals surface area contributed by atoms with E-state index >= 15 is 0 Å². The topological polar surface area (TPSA) is 89.6 Å². The van der Waals surface area contributed by atoms with Crippen LogP contribution in [0.25, 0.3) is 0 Å². The third kappa shape index (κ3) is 3.16. The van der Waals surface area contributed by atoms with Crippen molar-refractivity contribution in [2.45, 2.75) is 12.0 Å². The number of amidine groups is 1. The number of nitrogens with one attached hydrogen (secondary N) is 1. The summed E-state index contributed by atoms with van der Waals surface area (Å²) in [5.41, 5.74) is 1.99. The predicted octanol–water partition coefficient (Wildman–Crippen LogP) is 1.54. The molecule has 114 valence electrons. The molecule has 0 spiro atoms. The summed E-state index contributed by atoms with van der Waals surface area (Å²) in [7, 11) is 0. The van der Waals surface area contributed by atoms with E-state index in [0.29, 0.717) is 0 Å². The first kappa shape index (κ1) is 15.7. The lowest BCUT2D eigenvalue weighted by molar-refractivity contribution is -0.0174. The molecule has 0 bridgehead atoms. The van der Waals surface area contributed by atoms with E-state index in [9.17, 15) is 18.0 Å². The van der Waals surface area contributed by atoms with Crippen molar-refractivity contribution < 1.29 is 22.7 Å². The average Bonchev–Trinajstić information content (AvgIpc) is 2.40. The van der Waals surface area contributed by atoms with Gasteiger partial charge in [-0.1, -0.05) is 0 Å². The van der Waals surface area contributed by atoms with E-state index in [0.717, 1.165) is 6.07 Å². The van der Waals surface area contributed by atoms with Gasteiger partial charge in [0.15, 0.2) is 5.54 Å². The molecule has 2 amide bonds. The van der Waals surface area contributed by atoms with Crippen molar-refractivity contribution >= 4 is 27.8 Å². The first-order valence-corrected chi connectivity index (χ1v) is 6.48. The normalized spacial score (nSPS) is 22.0. The number of carbonyl (C=O) groups excluding carboxylic acids is 1. The van der Waals surface area contributed by atoms with Crippen molar-refractivity contribution in [2.24, 2.45) is 10.7 Å². The number of pyridine rings is 1. The zero-order chi connectivity index (χ0) is 15.6. The predicted molar refractivity (Wildman–Crippen MR) is 70.6 cm³/mol. The fourth-order valence-electron chi connectivity index (χ4n) is 1.87. The molecule has 6 nitrogen and oxygen atoms in total. The van der Waals surface area contributed by atoms with Gasteiger partial charge in [0.25, 0.3) is 6.43 Å². The van der Waals surface area contributed by atoms with Gasteiger partial charge in [0.05, 0.1) is 6.61 Å².